The van der Waals surface area contributed by atoms with Gasteiger partial charge in [-0.25, -0.2) is 0 Å². The number of likely N-dealkylation sites (N-methyl/N-ethyl adjacent to an activating group) is 2. The fraction of sp³-hybridized carbons (Fsp3) is 0.875. The zero-order valence-electron chi connectivity index (χ0n) is 15.5. The molecule has 0 aliphatic carbocycles. The van der Waals surface area contributed by atoms with Crippen LogP contribution in [0.25, 0.3) is 0 Å². The van der Waals surface area contributed by atoms with E-state index in [1.807, 2.05) is 42.9 Å². The first-order valence-electron chi connectivity index (χ1n) is 8.29. The average Bonchev–Trinajstić information content (AvgIpc) is 2.49. The maximum Gasteiger partial charge on any atom is 0.307 e. The normalized spacial score (nSPS) is 11.3. The molecular formula is C16H33N3O5. The lowest BCUT2D eigenvalue weighted by atomic mass is 10.3. The van der Waals surface area contributed by atoms with Crippen molar-refractivity contribution in [2.45, 2.75) is 12.8 Å². The molecule has 8 heteroatoms. The predicted molar refractivity (Wildman–Crippen MR) is 91.8 cm³/mol. The summed E-state index contributed by atoms with van der Waals surface area (Å²) in [4.78, 5) is 29.0. The quantitative estimate of drug-likeness (QED) is 0.412. The Bertz CT molecular complexity index is 321. The van der Waals surface area contributed by atoms with Gasteiger partial charge in [0.15, 0.2) is 0 Å². The van der Waals surface area contributed by atoms with Gasteiger partial charge in [-0.2, -0.15) is 0 Å². The van der Waals surface area contributed by atoms with Gasteiger partial charge in [0.05, 0.1) is 19.4 Å². The van der Waals surface area contributed by atoms with Crippen molar-refractivity contribution in [2.24, 2.45) is 0 Å². The molecule has 0 radical (unpaired) electrons. The van der Waals surface area contributed by atoms with E-state index in [4.69, 9.17) is 14.6 Å². The lowest BCUT2D eigenvalue weighted by Gasteiger charge is -2.20. The van der Waals surface area contributed by atoms with Crippen LogP contribution in [0.15, 0.2) is 0 Å². The van der Waals surface area contributed by atoms with E-state index in [-0.39, 0.29) is 31.4 Å². The fourth-order valence-corrected chi connectivity index (χ4v) is 1.80. The van der Waals surface area contributed by atoms with Crippen LogP contribution < -0.4 is 0 Å². The largest absolute Gasteiger partial charge is 0.464 e. The van der Waals surface area contributed by atoms with Crippen LogP contribution in [0.3, 0.4) is 0 Å². The van der Waals surface area contributed by atoms with Crippen molar-refractivity contribution >= 4 is 11.9 Å². The summed E-state index contributed by atoms with van der Waals surface area (Å²) in [6.07, 6.45) is 0.478. The topological polar surface area (TPSA) is 82.6 Å². The Labute approximate surface area is 145 Å². The van der Waals surface area contributed by atoms with E-state index in [1.165, 1.54) is 0 Å². The van der Waals surface area contributed by atoms with Crippen LogP contribution in [0.2, 0.25) is 0 Å². The highest BCUT2D eigenvalue weighted by molar-refractivity contribution is 5.70. The summed E-state index contributed by atoms with van der Waals surface area (Å²) in [5.41, 5.74) is 0. The molecule has 0 saturated carbocycles. The maximum atomic E-state index is 11.7. The third-order valence-electron chi connectivity index (χ3n) is 3.28. The maximum absolute atomic E-state index is 11.7. The fourth-order valence-electron chi connectivity index (χ4n) is 1.80. The molecule has 0 aromatic carbocycles. The van der Waals surface area contributed by atoms with E-state index in [9.17, 15) is 9.59 Å². The number of nitrogens with zero attached hydrogens (tertiary/aromatic N) is 3. The molecule has 0 aliphatic heterocycles. The molecule has 0 saturated heterocycles. The smallest absolute Gasteiger partial charge is 0.307 e. The van der Waals surface area contributed by atoms with Crippen LogP contribution in [-0.4, -0.2) is 112 Å². The molecule has 142 valence electrons. The molecule has 0 rings (SSSR count). The summed E-state index contributed by atoms with van der Waals surface area (Å²) in [7, 11) is 7.64. The molecule has 0 spiro atoms. The molecule has 0 atom stereocenters. The summed E-state index contributed by atoms with van der Waals surface area (Å²) in [5, 5.41) is 9.09. The molecule has 1 N–H and O–H groups in total. The van der Waals surface area contributed by atoms with Crippen molar-refractivity contribution in [2.75, 3.05) is 80.7 Å². The van der Waals surface area contributed by atoms with Crippen molar-refractivity contribution in [1.82, 2.24) is 14.7 Å². The lowest BCUT2D eigenvalue weighted by Crippen LogP contribution is -2.32. The van der Waals surface area contributed by atoms with Crippen LogP contribution in [0, 0.1) is 0 Å². The molecule has 0 unspecified atom stereocenters. The number of carbonyl (C=O) groups excluding carboxylic acids is 2. The number of hydrogen-bond donors (Lipinski definition) is 1. The first-order valence-corrected chi connectivity index (χ1v) is 8.29. The second-order valence-electron chi connectivity index (χ2n) is 6.11. The van der Waals surface area contributed by atoms with Gasteiger partial charge in [0.1, 0.15) is 13.2 Å². The zero-order valence-corrected chi connectivity index (χ0v) is 15.5. The summed E-state index contributed by atoms with van der Waals surface area (Å²) >= 11 is 0. The first kappa shape index (κ1) is 22.8. The van der Waals surface area contributed by atoms with E-state index in [0.717, 1.165) is 0 Å². The first-order chi connectivity index (χ1) is 11.3. The van der Waals surface area contributed by atoms with Crippen LogP contribution in [0.1, 0.15) is 12.8 Å². The van der Waals surface area contributed by atoms with Crippen molar-refractivity contribution in [3.63, 3.8) is 0 Å². The van der Waals surface area contributed by atoms with Gasteiger partial charge in [0.25, 0.3) is 0 Å². The Balaban J connectivity index is 3.94. The van der Waals surface area contributed by atoms with Crippen LogP contribution >= 0.6 is 0 Å². The van der Waals surface area contributed by atoms with Gasteiger partial charge < -0.3 is 24.4 Å². The monoisotopic (exact) mass is 347 g/mol. The minimum atomic E-state index is -0.270. The average molecular weight is 347 g/mol. The summed E-state index contributed by atoms with van der Waals surface area (Å²) in [5.74, 6) is -0.540. The van der Waals surface area contributed by atoms with Crippen LogP contribution in [0.5, 0.6) is 0 Å². The van der Waals surface area contributed by atoms with Gasteiger partial charge in [0.2, 0.25) is 0 Å². The van der Waals surface area contributed by atoms with Gasteiger partial charge >= 0.3 is 11.9 Å². The van der Waals surface area contributed by atoms with E-state index in [1.54, 1.807) is 0 Å². The Hall–Kier alpha value is -1.22. The molecule has 0 bridgehead atoms. The van der Waals surface area contributed by atoms with E-state index < -0.39 is 0 Å². The SMILES string of the molecule is CN(C)CCOC(=O)CCN(CCO)CCC(=O)OCCN(C)C. The second kappa shape index (κ2) is 14.2. The van der Waals surface area contributed by atoms with Gasteiger partial charge in [-0.05, 0) is 28.2 Å². The van der Waals surface area contributed by atoms with Crippen molar-refractivity contribution in [3.05, 3.63) is 0 Å². The van der Waals surface area contributed by atoms with Gasteiger partial charge in [-0.3, -0.25) is 14.5 Å². The van der Waals surface area contributed by atoms with E-state index in [0.29, 0.717) is 45.9 Å². The lowest BCUT2D eigenvalue weighted by molar-refractivity contribution is -0.144. The highest BCUT2D eigenvalue weighted by Gasteiger charge is 2.12. The third kappa shape index (κ3) is 14.4. The second-order valence-corrected chi connectivity index (χ2v) is 6.11. The molecule has 0 amide bonds. The van der Waals surface area contributed by atoms with Crippen LogP contribution in [0.4, 0.5) is 0 Å². The molecule has 0 aromatic heterocycles. The molecule has 8 nitrogen and oxygen atoms in total. The third-order valence-corrected chi connectivity index (χ3v) is 3.28. The van der Waals surface area contributed by atoms with Crippen molar-refractivity contribution < 1.29 is 24.2 Å². The number of aliphatic hydroxyl groups is 1. The molecule has 0 aromatic rings. The standard InChI is InChI=1S/C16H33N3O5/c1-17(2)10-13-23-15(21)5-7-19(9-12-20)8-6-16(22)24-14-11-18(3)4/h20H,5-14H2,1-4H3. The molecule has 0 aliphatic rings. The highest BCUT2D eigenvalue weighted by Crippen LogP contribution is 1.98. The number of ether oxygens (including phenoxy) is 2. The van der Waals surface area contributed by atoms with Crippen molar-refractivity contribution in [3.8, 4) is 0 Å². The Morgan fingerprint density at radius 1 is 0.750 bits per heavy atom. The number of aliphatic hydroxyl groups excluding tert-OH is 1. The number of carbonyl (C=O) groups is 2. The Kier molecular flexibility index (Phi) is 13.4. The number of esters is 2. The Morgan fingerprint density at radius 2 is 1.17 bits per heavy atom. The van der Waals surface area contributed by atoms with Crippen molar-refractivity contribution in [1.29, 1.82) is 0 Å². The number of rotatable bonds is 14. The molecular weight excluding hydrogens is 314 g/mol. The minimum absolute atomic E-state index is 0.0225. The highest BCUT2D eigenvalue weighted by atomic mass is 16.5. The van der Waals surface area contributed by atoms with Gasteiger partial charge in [-0.15, -0.1) is 0 Å². The zero-order chi connectivity index (χ0) is 18.4. The number of hydrogen-bond acceptors (Lipinski definition) is 8. The van der Waals surface area contributed by atoms with E-state index in [2.05, 4.69) is 0 Å². The molecule has 24 heavy (non-hydrogen) atoms. The molecule has 0 fully saturated rings. The van der Waals surface area contributed by atoms with E-state index >= 15 is 0 Å². The van der Waals surface area contributed by atoms with Gasteiger partial charge in [-0.1, -0.05) is 0 Å². The Morgan fingerprint density at radius 3 is 1.50 bits per heavy atom. The summed E-state index contributed by atoms with van der Waals surface area (Å²) in [6, 6.07) is 0. The summed E-state index contributed by atoms with van der Waals surface area (Å²) < 4.78 is 10.2. The predicted octanol–water partition coefficient (Wildman–Crippen LogP) is -0.729. The van der Waals surface area contributed by atoms with Gasteiger partial charge in [0, 0.05) is 32.7 Å². The molecule has 0 heterocycles. The van der Waals surface area contributed by atoms with Crippen LogP contribution in [-0.2, 0) is 19.1 Å². The minimum Gasteiger partial charge on any atom is -0.464 e. The summed E-state index contributed by atoms with van der Waals surface area (Å²) in [6.45, 7) is 3.39.